The van der Waals surface area contributed by atoms with Gasteiger partial charge >= 0.3 is 6.09 Å². The Morgan fingerprint density at radius 2 is 2.05 bits per heavy atom. The second-order valence-corrected chi connectivity index (χ2v) is 6.42. The molecule has 0 aromatic carbocycles. The molecule has 5 heteroatoms. The number of carbonyl (C=O) groups excluding carboxylic acids is 2. The lowest BCUT2D eigenvalue weighted by Gasteiger charge is -2.39. The van der Waals surface area contributed by atoms with Crippen molar-refractivity contribution in [3.05, 3.63) is 11.6 Å². The van der Waals surface area contributed by atoms with Crippen molar-refractivity contribution in [1.82, 2.24) is 4.90 Å². The number of allylic oxidation sites excluding steroid dienone is 1. The number of morpholine rings is 1. The Morgan fingerprint density at radius 1 is 1.40 bits per heavy atom. The minimum absolute atomic E-state index is 0.231. The zero-order valence-corrected chi connectivity index (χ0v) is 13.1. The van der Waals surface area contributed by atoms with Gasteiger partial charge in [0.25, 0.3) is 0 Å². The van der Waals surface area contributed by atoms with Gasteiger partial charge in [-0.05, 0) is 34.6 Å². The third-order valence-electron chi connectivity index (χ3n) is 2.93. The van der Waals surface area contributed by atoms with Gasteiger partial charge in [0, 0.05) is 13.0 Å². The van der Waals surface area contributed by atoms with Crippen molar-refractivity contribution in [1.29, 1.82) is 0 Å². The Bertz CT molecular complexity index is 393. The van der Waals surface area contributed by atoms with Gasteiger partial charge < -0.3 is 19.2 Å². The summed E-state index contributed by atoms with van der Waals surface area (Å²) in [7, 11) is 0. The summed E-state index contributed by atoms with van der Waals surface area (Å²) in [6.07, 6.45) is 2.82. The van der Waals surface area contributed by atoms with Gasteiger partial charge in [-0.2, -0.15) is 0 Å². The molecule has 0 radical (unpaired) electrons. The second-order valence-electron chi connectivity index (χ2n) is 6.42. The normalized spacial score (nSPS) is 23.1. The molecule has 114 valence electrons. The van der Waals surface area contributed by atoms with Crippen LogP contribution < -0.4 is 0 Å². The van der Waals surface area contributed by atoms with E-state index in [2.05, 4.69) is 0 Å². The van der Waals surface area contributed by atoms with Crippen molar-refractivity contribution in [2.75, 3.05) is 19.7 Å². The number of aldehydes is 1. The van der Waals surface area contributed by atoms with Crippen molar-refractivity contribution >= 4 is 12.4 Å². The van der Waals surface area contributed by atoms with Crippen LogP contribution in [0.5, 0.6) is 0 Å². The summed E-state index contributed by atoms with van der Waals surface area (Å²) in [5.41, 5.74) is -0.379. The van der Waals surface area contributed by atoms with Gasteiger partial charge in [-0.15, -0.1) is 0 Å². The molecule has 0 bridgehead atoms. The maximum Gasteiger partial charge on any atom is 0.410 e. The molecule has 0 saturated carbocycles. The predicted octanol–water partition coefficient (Wildman–Crippen LogP) is 2.55. The number of rotatable bonds is 3. The zero-order valence-electron chi connectivity index (χ0n) is 13.1. The third kappa shape index (κ3) is 4.96. The molecule has 1 saturated heterocycles. The number of hydrogen-bond acceptors (Lipinski definition) is 4. The van der Waals surface area contributed by atoms with Gasteiger partial charge in [0.15, 0.2) is 6.29 Å². The monoisotopic (exact) mass is 283 g/mol. The van der Waals surface area contributed by atoms with Gasteiger partial charge in [-0.1, -0.05) is 11.6 Å². The van der Waals surface area contributed by atoms with E-state index < -0.39 is 17.3 Å². The quantitative estimate of drug-likeness (QED) is 0.590. The van der Waals surface area contributed by atoms with Crippen LogP contribution in [-0.2, 0) is 14.3 Å². The molecule has 0 aromatic rings. The molecule has 5 nitrogen and oxygen atoms in total. The minimum atomic E-state index is -0.952. The Kier molecular flexibility index (Phi) is 5.34. The standard InChI is InChI=1S/C15H25NO4/c1-12(2)6-7-15(11-17)10-16(8-9-19-15)13(18)20-14(3,4)5/h6,11H,7-10H2,1-5H3. The van der Waals surface area contributed by atoms with E-state index in [1.54, 1.807) is 4.90 Å². The van der Waals surface area contributed by atoms with Crippen molar-refractivity contribution in [3.63, 3.8) is 0 Å². The average molecular weight is 283 g/mol. The van der Waals surface area contributed by atoms with Crippen LogP contribution in [0, 0.1) is 0 Å². The average Bonchev–Trinajstić information content (AvgIpc) is 2.34. The molecule has 1 rings (SSSR count). The maximum atomic E-state index is 12.1. The lowest BCUT2D eigenvalue weighted by atomic mass is 9.98. The smallest absolute Gasteiger partial charge is 0.410 e. The van der Waals surface area contributed by atoms with Gasteiger partial charge in [0.05, 0.1) is 13.2 Å². The minimum Gasteiger partial charge on any atom is -0.444 e. The summed E-state index contributed by atoms with van der Waals surface area (Å²) in [6.45, 7) is 10.4. The number of amides is 1. The summed E-state index contributed by atoms with van der Waals surface area (Å²) in [5, 5.41) is 0. The molecule has 1 heterocycles. The van der Waals surface area contributed by atoms with E-state index in [9.17, 15) is 9.59 Å². The van der Waals surface area contributed by atoms with Crippen LogP contribution in [0.4, 0.5) is 4.79 Å². The zero-order chi connectivity index (χ0) is 15.4. The van der Waals surface area contributed by atoms with Gasteiger partial charge in [-0.3, -0.25) is 0 Å². The maximum absolute atomic E-state index is 12.1. The van der Waals surface area contributed by atoms with E-state index in [-0.39, 0.29) is 6.54 Å². The van der Waals surface area contributed by atoms with Crippen LogP contribution in [0.2, 0.25) is 0 Å². The lowest BCUT2D eigenvalue weighted by molar-refractivity contribution is -0.143. The topological polar surface area (TPSA) is 55.8 Å². The first-order valence-corrected chi connectivity index (χ1v) is 6.89. The van der Waals surface area contributed by atoms with Crippen molar-refractivity contribution < 1.29 is 19.1 Å². The number of ether oxygens (including phenoxy) is 2. The van der Waals surface area contributed by atoms with Crippen molar-refractivity contribution in [2.24, 2.45) is 0 Å². The molecule has 0 N–H and O–H groups in total. The summed E-state index contributed by atoms with van der Waals surface area (Å²) >= 11 is 0. The molecule has 1 unspecified atom stereocenters. The molecule has 20 heavy (non-hydrogen) atoms. The highest BCUT2D eigenvalue weighted by molar-refractivity contribution is 5.71. The van der Waals surface area contributed by atoms with Crippen molar-refractivity contribution in [3.8, 4) is 0 Å². The molecule has 1 aliphatic heterocycles. The number of nitrogens with zero attached hydrogens (tertiary/aromatic N) is 1. The van der Waals surface area contributed by atoms with Crippen LogP contribution in [0.3, 0.4) is 0 Å². The van der Waals surface area contributed by atoms with Crippen LogP contribution >= 0.6 is 0 Å². The molecule has 0 spiro atoms. The second kappa shape index (κ2) is 6.39. The van der Waals surface area contributed by atoms with E-state index in [1.807, 2.05) is 40.7 Å². The van der Waals surface area contributed by atoms with Crippen LogP contribution in [0.1, 0.15) is 41.0 Å². The molecule has 1 aliphatic rings. The highest BCUT2D eigenvalue weighted by Crippen LogP contribution is 2.23. The molecule has 1 fully saturated rings. The van der Waals surface area contributed by atoms with E-state index >= 15 is 0 Å². The van der Waals surface area contributed by atoms with E-state index in [1.165, 1.54) is 0 Å². The van der Waals surface area contributed by atoms with Crippen molar-refractivity contribution in [2.45, 2.75) is 52.2 Å². The lowest BCUT2D eigenvalue weighted by Crippen LogP contribution is -2.55. The van der Waals surface area contributed by atoms with Crippen LogP contribution in [0.25, 0.3) is 0 Å². The largest absolute Gasteiger partial charge is 0.444 e. The summed E-state index contributed by atoms with van der Waals surface area (Å²) < 4.78 is 11.0. The highest BCUT2D eigenvalue weighted by Gasteiger charge is 2.38. The fraction of sp³-hybridized carbons (Fsp3) is 0.733. The van der Waals surface area contributed by atoms with Crippen LogP contribution in [0.15, 0.2) is 11.6 Å². The van der Waals surface area contributed by atoms with Gasteiger partial charge in [-0.25, -0.2) is 4.79 Å². The van der Waals surface area contributed by atoms with E-state index in [0.717, 1.165) is 11.9 Å². The third-order valence-corrected chi connectivity index (χ3v) is 2.93. The Morgan fingerprint density at radius 3 is 2.55 bits per heavy atom. The Labute approximate surface area is 120 Å². The first kappa shape index (κ1) is 16.7. The summed E-state index contributed by atoms with van der Waals surface area (Å²) in [4.78, 5) is 25.0. The predicted molar refractivity (Wildman–Crippen MR) is 76.6 cm³/mol. The first-order valence-electron chi connectivity index (χ1n) is 6.89. The first-order chi connectivity index (χ1) is 9.17. The fourth-order valence-electron chi connectivity index (χ4n) is 1.91. The van der Waals surface area contributed by atoms with E-state index in [0.29, 0.717) is 19.6 Å². The van der Waals surface area contributed by atoms with Crippen LogP contribution in [-0.4, -0.2) is 48.2 Å². The molecule has 1 atom stereocenters. The molecule has 0 aromatic heterocycles. The summed E-state index contributed by atoms with van der Waals surface area (Å²) in [5.74, 6) is 0. The fourth-order valence-corrected chi connectivity index (χ4v) is 1.91. The summed E-state index contributed by atoms with van der Waals surface area (Å²) in [6, 6.07) is 0. The SMILES string of the molecule is CC(C)=CCC1(C=O)CN(C(=O)OC(C)(C)C)CCO1. The van der Waals surface area contributed by atoms with Gasteiger partial charge in [0.1, 0.15) is 11.2 Å². The number of carbonyl (C=O) groups is 2. The Hall–Kier alpha value is -1.36. The Balaban J connectivity index is 2.75. The molecular formula is C15H25NO4. The van der Waals surface area contributed by atoms with Gasteiger partial charge in [0.2, 0.25) is 0 Å². The number of hydrogen-bond donors (Lipinski definition) is 0. The molecule has 1 amide bonds. The van der Waals surface area contributed by atoms with E-state index in [4.69, 9.17) is 9.47 Å². The molecular weight excluding hydrogens is 258 g/mol. The molecule has 0 aliphatic carbocycles. The highest BCUT2D eigenvalue weighted by atomic mass is 16.6.